The second-order valence-electron chi connectivity index (χ2n) is 5.96. The molecule has 0 fully saturated rings. The first kappa shape index (κ1) is 21.7. The molecule has 31 heavy (non-hydrogen) atoms. The lowest BCUT2D eigenvalue weighted by molar-refractivity contribution is -0.274. The van der Waals surface area contributed by atoms with Crippen molar-refractivity contribution < 1.29 is 22.3 Å². The molecule has 1 heterocycles. The van der Waals surface area contributed by atoms with E-state index >= 15 is 0 Å². The number of hydrazone groups is 1. The van der Waals surface area contributed by atoms with Gasteiger partial charge in [0.1, 0.15) is 11.6 Å². The van der Waals surface area contributed by atoms with Gasteiger partial charge in [0.15, 0.2) is 0 Å². The fourth-order valence-electron chi connectivity index (χ4n) is 2.30. The second-order valence-corrected chi connectivity index (χ2v) is 5.96. The topological polar surface area (TPSA) is 96.4 Å². The molecule has 0 saturated carbocycles. The summed E-state index contributed by atoms with van der Waals surface area (Å²) in [7, 11) is 0. The van der Waals surface area contributed by atoms with Crippen molar-refractivity contribution in [2.24, 2.45) is 5.10 Å². The van der Waals surface area contributed by atoms with Gasteiger partial charge >= 0.3 is 6.36 Å². The summed E-state index contributed by atoms with van der Waals surface area (Å²) in [5.74, 6) is -0.193. The third-order valence-corrected chi connectivity index (χ3v) is 3.56. The van der Waals surface area contributed by atoms with Crippen molar-refractivity contribution >= 4 is 29.7 Å². The number of benzene rings is 2. The summed E-state index contributed by atoms with van der Waals surface area (Å²) in [6.45, 7) is 2.40. The third kappa shape index (κ3) is 7.10. The molecule has 0 unspecified atom stereocenters. The van der Waals surface area contributed by atoms with Gasteiger partial charge in [-0.3, -0.25) is 0 Å². The van der Waals surface area contributed by atoms with Gasteiger partial charge in [-0.1, -0.05) is 12.1 Å². The summed E-state index contributed by atoms with van der Waals surface area (Å²) in [6, 6.07) is 10.8. The summed E-state index contributed by atoms with van der Waals surface area (Å²) >= 11 is 0. The fourth-order valence-corrected chi connectivity index (χ4v) is 2.30. The summed E-state index contributed by atoms with van der Waals surface area (Å²) in [6.07, 6.45) is -3.30. The van der Waals surface area contributed by atoms with E-state index in [0.29, 0.717) is 17.8 Å². The van der Waals surface area contributed by atoms with Crippen molar-refractivity contribution in [1.29, 1.82) is 0 Å². The van der Waals surface area contributed by atoms with E-state index in [9.17, 15) is 17.6 Å². The number of anilines is 4. The predicted molar refractivity (Wildman–Crippen MR) is 108 cm³/mol. The van der Waals surface area contributed by atoms with Gasteiger partial charge in [-0.15, -0.1) is 13.2 Å². The summed E-state index contributed by atoms with van der Waals surface area (Å²) in [4.78, 5) is 12.5. The first-order chi connectivity index (χ1) is 14.8. The van der Waals surface area contributed by atoms with E-state index < -0.39 is 6.36 Å². The standard InChI is InChI=1S/C19H17F4N7O/c1-2-24-16-27-17(26-14-7-9-15(10-8-14)31-19(21,22)23)29-18(28-16)30-25-11-12-3-5-13(20)6-4-12/h3-11H,2H2,1H3,(H3,24,26,27,28,29,30)/b25-11+. The van der Waals surface area contributed by atoms with Crippen LogP contribution in [-0.4, -0.2) is 34.1 Å². The van der Waals surface area contributed by atoms with Crippen LogP contribution in [0.5, 0.6) is 5.75 Å². The number of ether oxygens (including phenoxy) is 1. The van der Waals surface area contributed by atoms with Crippen LogP contribution >= 0.6 is 0 Å². The molecule has 162 valence electrons. The number of hydrogen-bond acceptors (Lipinski definition) is 8. The molecule has 12 heteroatoms. The van der Waals surface area contributed by atoms with Crippen LogP contribution in [0.2, 0.25) is 0 Å². The predicted octanol–water partition coefficient (Wildman–Crippen LogP) is 4.53. The van der Waals surface area contributed by atoms with E-state index in [1.807, 2.05) is 6.92 Å². The van der Waals surface area contributed by atoms with Gasteiger partial charge in [0.05, 0.1) is 6.21 Å². The smallest absolute Gasteiger partial charge is 0.406 e. The summed E-state index contributed by atoms with van der Waals surface area (Å²) in [5, 5.41) is 9.83. The van der Waals surface area contributed by atoms with E-state index in [2.05, 4.69) is 40.8 Å². The van der Waals surface area contributed by atoms with Gasteiger partial charge in [-0.2, -0.15) is 20.1 Å². The van der Waals surface area contributed by atoms with E-state index in [4.69, 9.17) is 0 Å². The molecule has 2 aromatic carbocycles. The van der Waals surface area contributed by atoms with Crippen molar-refractivity contribution in [2.75, 3.05) is 22.6 Å². The average molecular weight is 435 g/mol. The van der Waals surface area contributed by atoms with E-state index in [1.54, 1.807) is 12.1 Å². The molecule has 0 aliphatic carbocycles. The Kier molecular flexibility index (Phi) is 6.80. The Labute approximate surface area is 174 Å². The molecular weight excluding hydrogens is 418 g/mol. The fraction of sp³-hybridized carbons (Fsp3) is 0.158. The molecule has 0 spiro atoms. The van der Waals surface area contributed by atoms with E-state index in [0.717, 1.165) is 12.1 Å². The lowest BCUT2D eigenvalue weighted by Crippen LogP contribution is -2.17. The van der Waals surface area contributed by atoms with Gasteiger partial charge in [0.2, 0.25) is 17.8 Å². The van der Waals surface area contributed by atoms with Crippen LogP contribution in [0.4, 0.5) is 41.1 Å². The number of hydrogen-bond donors (Lipinski definition) is 3. The average Bonchev–Trinajstić information content (AvgIpc) is 2.70. The molecule has 0 aliphatic heterocycles. The van der Waals surface area contributed by atoms with Crippen molar-refractivity contribution in [2.45, 2.75) is 13.3 Å². The first-order valence-electron chi connectivity index (χ1n) is 8.98. The van der Waals surface area contributed by atoms with Crippen molar-refractivity contribution in [3.05, 3.63) is 59.9 Å². The zero-order valence-corrected chi connectivity index (χ0v) is 16.1. The quantitative estimate of drug-likeness (QED) is 0.272. The molecule has 3 rings (SSSR count). The number of halogens is 4. The molecule has 8 nitrogen and oxygen atoms in total. The molecule has 0 amide bonds. The largest absolute Gasteiger partial charge is 0.573 e. The highest BCUT2D eigenvalue weighted by Crippen LogP contribution is 2.25. The molecule has 3 aromatic rings. The highest BCUT2D eigenvalue weighted by atomic mass is 19.4. The maximum atomic E-state index is 13.0. The summed E-state index contributed by atoms with van der Waals surface area (Å²) in [5.41, 5.74) is 3.75. The highest BCUT2D eigenvalue weighted by molar-refractivity contribution is 5.79. The van der Waals surface area contributed by atoms with Crippen LogP contribution in [0, 0.1) is 5.82 Å². The SMILES string of the molecule is CCNc1nc(N/N=C/c2ccc(F)cc2)nc(Nc2ccc(OC(F)(F)F)cc2)n1. The Morgan fingerprint density at radius 1 is 0.935 bits per heavy atom. The number of nitrogens with one attached hydrogen (secondary N) is 3. The van der Waals surface area contributed by atoms with Crippen molar-refractivity contribution in [3.63, 3.8) is 0 Å². The van der Waals surface area contributed by atoms with E-state index in [1.165, 1.54) is 30.5 Å². The third-order valence-electron chi connectivity index (χ3n) is 3.56. The van der Waals surface area contributed by atoms with Crippen LogP contribution in [0.25, 0.3) is 0 Å². The monoisotopic (exact) mass is 435 g/mol. The molecule has 3 N–H and O–H groups in total. The lowest BCUT2D eigenvalue weighted by Gasteiger charge is -2.11. The molecule has 0 atom stereocenters. The maximum Gasteiger partial charge on any atom is 0.573 e. The van der Waals surface area contributed by atoms with Gasteiger partial charge in [-0.25, -0.2) is 9.82 Å². The minimum Gasteiger partial charge on any atom is -0.406 e. The minimum absolute atomic E-state index is 0.115. The number of rotatable bonds is 8. The number of aromatic nitrogens is 3. The van der Waals surface area contributed by atoms with Crippen LogP contribution in [0.1, 0.15) is 12.5 Å². The summed E-state index contributed by atoms with van der Waals surface area (Å²) < 4.78 is 53.6. The number of nitrogens with zero attached hydrogens (tertiary/aromatic N) is 4. The van der Waals surface area contributed by atoms with Crippen LogP contribution < -0.4 is 20.8 Å². The van der Waals surface area contributed by atoms with Crippen LogP contribution in [0.15, 0.2) is 53.6 Å². The second kappa shape index (κ2) is 9.69. The van der Waals surface area contributed by atoms with Gasteiger partial charge in [0.25, 0.3) is 0 Å². The Morgan fingerprint density at radius 3 is 2.23 bits per heavy atom. The molecular formula is C19H17F4N7O. The molecule has 0 aliphatic rings. The van der Waals surface area contributed by atoms with Gasteiger partial charge in [-0.05, 0) is 48.9 Å². The Balaban J connectivity index is 1.72. The van der Waals surface area contributed by atoms with Crippen LogP contribution in [0.3, 0.4) is 0 Å². The minimum atomic E-state index is -4.76. The van der Waals surface area contributed by atoms with E-state index in [-0.39, 0.29) is 29.4 Å². The van der Waals surface area contributed by atoms with Crippen molar-refractivity contribution in [3.8, 4) is 5.75 Å². The van der Waals surface area contributed by atoms with Crippen molar-refractivity contribution in [1.82, 2.24) is 15.0 Å². The Morgan fingerprint density at radius 2 is 1.58 bits per heavy atom. The Hall–Kier alpha value is -3.96. The normalized spacial score (nSPS) is 11.4. The van der Waals surface area contributed by atoms with Crippen LogP contribution in [-0.2, 0) is 0 Å². The maximum absolute atomic E-state index is 13.0. The zero-order chi connectivity index (χ0) is 22.3. The molecule has 0 radical (unpaired) electrons. The molecule has 1 aromatic heterocycles. The Bertz CT molecular complexity index is 1020. The first-order valence-corrected chi connectivity index (χ1v) is 8.98. The van der Waals surface area contributed by atoms with Gasteiger partial charge < -0.3 is 15.4 Å². The lowest BCUT2D eigenvalue weighted by atomic mass is 10.2. The molecule has 0 saturated heterocycles. The highest BCUT2D eigenvalue weighted by Gasteiger charge is 2.30. The zero-order valence-electron chi connectivity index (χ0n) is 16.1. The molecule has 0 bridgehead atoms. The number of alkyl halides is 3. The van der Waals surface area contributed by atoms with Gasteiger partial charge in [0, 0.05) is 12.2 Å².